The van der Waals surface area contributed by atoms with E-state index in [2.05, 4.69) is 10.6 Å². The van der Waals surface area contributed by atoms with Crippen molar-refractivity contribution in [2.45, 2.75) is 82.5 Å². The second kappa shape index (κ2) is 12.1. The van der Waals surface area contributed by atoms with Gasteiger partial charge in [-0.25, -0.2) is 4.39 Å². The standard InChI is InChI=1S/C28H38F2N4O6/c1-27(2,30)17-19(25(37)34-12-6-8-20(34)26(38)33-13-15-39-16-14-33)31-23(35)18-7-4-5-9-21(18)40-22(29)24(36)32-28(3)10-11-28/h4-5,7,9,19-20,22H,6,8,10-17H2,1-3H3,(H,31,35)(H,32,36)/t19-,20-,22+/m1/s1. The zero-order valence-electron chi connectivity index (χ0n) is 23.2. The van der Waals surface area contributed by atoms with Crippen LogP contribution in [0.15, 0.2) is 24.3 Å². The van der Waals surface area contributed by atoms with Crippen molar-refractivity contribution < 1.29 is 37.4 Å². The Hall–Kier alpha value is -3.28. The summed E-state index contributed by atoms with van der Waals surface area (Å²) in [7, 11) is 0. The number of para-hydroxylation sites is 1. The molecule has 10 nitrogen and oxygen atoms in total. The fourth-order valence-electron chi connectivity index (χ4n) is 4.99. The number of alkyl halides is 2. The van der Waals surface area contributed by atoms with Crippen molar-refractivity contribution in [3.8, 4) is 5.75 Å². The van der Waals surface area contributed by atoms with Crippen LogP contribution in [0.5, 0.6) is 5.75 Å². The molecule has 3 aliphatic rings. The van der Waals surface area contributed by atoms with Crippen molar-refractivity contribution in [2.75, 3.05) is 32.8 Å². The van der Waals surface area contributed by atoms with Crippen molar-refractivity contribution in [1.82, 2.24) is 20.4 Å². The summed E-state index contributed by atoms with van der Waals surface area (Å²) < 4.78 is 40.0. The van der Waals surface area contributed by atoms with Crippen molar-refractivity contribution in [3.05, 3.63) is 29.8 Å². The normalized spacial score (nSPS) is 21.8. The number of ether oxygens (including phenoxy) is 2. The summed E-state index contributed by atoms with van der Waals surface area (Å²) >= 11 is 0. The van der Waals surface area contributed by atoms with Crippen LogP contribution in [0.2, 0.25) is 0 Å². The highest BCUT2D eigenvalue weighted by molar-refractivity contribution is 6.00. The summed E-state index contributed by atoms with van der Waals surface area (Å²) in [6, 6.07) is 3.73. The molecular weight excluding hydrogens is 526 g/mol. The minimum atomic E-state index is -2.36. The fourth-order valence-corrected chi connectivity index (χ4v) is 4.99. The molecule has 12 heteroatoms. The molecule has 2 saturated heterocycles. The number of morpholine rings is 1. The Balaban J connectivity index is 1.48. The summed E-state index contributed by atoms with van der Waals surface area (Å²) in [5.74, 6) is -2.70. The van der Waals surface area contributed by atoms with Gasteiger partial charge in [0.15, 0.2) is 0 Å². The Morgan fingerprint density at radius 2 is 1.82 bits per heavy atom. The van der Waals surface area contributed by atoms with Gasteiger partial charge in [-0.15, -0.1) is 0 Å². The number of rotatable bonds is 10. The predicted molar refractivity (Wildman–Crippen MR) is 141 cm³/mol. The summed E-state index contributed by atoms with van der Waals surface area (Å²) in [6.45, 7) is 6.38. The van der Waals surface area contributed by atoms with Gasteiger partial charge in [-0.2, -0.15) is 4.39 Å². The molecule has 220 valence electrons. The first-order chi connectivity index (χ1) is 18.9. The van der Waals surface area contributed by atoms with Gasteiger partial charge in [0.1, 0.15) is 23.5 Å². The monoisotopic (exact) mass is 564 g/mol. The van der Waals surface area contributed by atoms with Crippen LogP contribution in [-0.4, -0.2) is 95.9 Å². The largest absolute Gasteiger partial charge is 0.451 e. The Labute approximate surface area is 232 Å². The third kappa shape index (κ3) is 7.47. The highest BCUT2D eigenvalue weighted by atomic mass is 19.1. The lowest BCUT2D eigenvalue weighted by molar-refractivity contribution is -0.147. The third-order valence-electron chi connectivity index (χ3n) is 7.43. The molecule has 4 rings (SSSR count). The first-order valence-electron chi connectivity index (χ1n) is 13.8. The minimum absolute atomic E-state index is 0.118. The fraction of sp³-hybridized carbons (Fsp3) is 0.643. The predicted octanol–water partition coefficient (Wildman–Crippen LogP) is 2.12. The van der Waals surface area contributed by atoms with E-state index in [0.717, 1.165) is 12.8 Å². The average molecular weight is 565 g/mol. The lowest BCUT2D eigenvalue weighted by atomic mass is 9.98. The van der Waals surface area contributed by atoms with E-state index in [0.29, 0.717) is 45.7 Å². The molecule has 40 heavy (non-hydrogen) atoms. The van der Waals surface area contributed by atoms with E-state index in [1.165, 1.54) is 43.0 Å². The van der Waals surface area contributed by atoms with E-state index in [1.807, 2.05) is 0 Å². The van der Waals surface area contributed by atoms with Gasteiger partial charge in [0, 0.05) is 31.6 Å². The summed E-state index contributed by atoms with van der Waals surface area (Å²) in [4.78, 5) is 55.5. The number of halogens is 2. The Morgan fingerprint density at radius 3 is 2.48 bits per heavy atom. The van der Waals surface area contributed by atoms with Gasteiger partial charge in [-0.3, -0.25) is 19.2 Å². The van der Waals surface area contributed by atoms with Crippen LogP contribution in [0.1, 0.15) is 63.2 Å². The van der Waals surface area contributed by atoms with Gasteiger partial charge < -0.3 is 29.9 Å². The minimum Gasteiger partial charge on any atom is -0.451 e. The third-order valence-corrected chi connectivity index (χ3v) is 7.43. The molecule has 1 saturated carbocycles. The molecule has 1 aliphatic carbocycles. The maximum absolute atomic E-state index is 14.8. The van der Waals surface area contributed by atoms with Gasteiger partial charge in [-0.1, -0.05) is 12.1 Å². The van der Waals surface area contributed by atoms with E-state index in [4.69, 9.17) is 9.47 Å². The lowest BCUT2D eigenvalue weighted by Gasteiger charge is -2.34. The zero-order valence-corrected chi connectivity index (χ0v) is 23.2. The molecule has 3 atom stereocenters. The molecule has 0 spiro atoms. The molecule has 0 bridgehead atoms. The summed E-state index contributed by atoms with van der Waals surface area (Å²) in [5.41, 5.74) is -2.40. The van der Waals surface area contributed by atoms with E-state index < -0.39 is 47.4 Å². The Morgan fingerprint density at radius 1 is 1.15 bits per heavy atom. The molecule has 4 amide bonds. The number of nitrogens with one attached hydrogen (secondary N) is 2. The van der Waals surface area contributed by atoms with Crippen LogP contribution in [0.4, 0.5) is 8.78 Å². The quantitative estimate of drug-likeness (QED) is 0.450. The molecule has 3 fully saturated rings. The lowest BCUT2D eigenvalue weighted by Crippen LogP contribution is -2.56. The number of hydrogen-bond donors (Lipinski definition) is 2. The second-order valence-electron chi connectivity index (χ2n) is 11.6. The molecule has 2 heterocycles. The smallest absolute Gasteiger partial charge is 0.316 e. The topological polar surface area (TPSA) is 117 Å². The molecule has 2 N–H and O–H groups in total. The van der Waals surface area contributed by atoms with Crippen molar-refractivity contribution in [2.24, 2.45) is 0 Å². The highest BCUT2D eigenvalue weighted by Gasteiger charge is 2.42. The van der Waals surface area contributed by atoms with Crippen molar-refractivity contribution in [1.29, 1.82) is 0 Å². The molecule has 0 radical (unpaired) electrons. The van der Waals surface area contributed by atoms with E-state index in [9.17, 15) is 28.0 Å². The first-order valence-corrected chi connectivity index (χ1v) is 13.8. The number of carbonyl (C=O) groups is 4. The van der Waals surface area contributed by atoms with E-state index in [1.54, 1.807) is 11.8 Å². The highest BCUT2D eigenvalue weighted by Crippen LogP contribution is 2.34. The van der Waals surface area contributed by atoms with Crippen LogP contribution in [-0.2, 0) is 19.1 Å². The maximum atomic E-state index is 14.8. The molecule has 0 unspecified atom stereocenters. The molecular formula is C28H38F2N4O6. The number of benzene rings is 1. The molecule has 0 aromatic heterocycles. The van der Waals surface area contributed by atoms with Gasteiger partial charge in [-0.05, 0) is 58.6 Å². The van der Waals surface area contributed by atoms with Gasteiger partial charge in [0.25, 0.3) is 11.8 Å². The number of amides is 4. The van der Waals surface area contributed by atoms with Crippen LogP contribution < -0.4 is 15.4 Å². The average Bonchev–Trinajstić information content (AvgIpc) is 3.43. The van der Waals surface area contributed by atoms with Gasteiger partial charge >= 0.3 is 6.36 Å². The molecule has 1 aromatic carbocycles. The number of nitrogens with zero attached hydrogens (tertiary/aromatic N) is 2. The van der Waals surface area contributed by atoms with E-state index >= 15 is 0 Å². The Kier molecular flexibility index (Phi) is 8.96. The number of likely N-dealkylation sites (tertiary alicyclic amines) is 1. The van der Waals surface area contributed by atoms with E-state index in [-0.39, 0.29) is 23.6 Å². The summed E-state index contributed by atoms with van der Waals surface area (Å²) in [6.07, 6.45) is -0.159. The van der Waals surface area contributed by atoms with Crippen LogP contribution in [0, 0.1) is 0 Å². The number of hydrogen-bond acceptors (Lipinski definition) is 6. The molecule has 2 aliphatic heterocycles. The summed E-state index contributed by atoms with van der Waals surface area (Å²) in [5, 5.41) is 5.15. The van der Waals surface area contributed by atoms with Crippen molar-refractivity contribution >= 4 is 23.6 Å². The Bertz CT molecular complexity index is 1120. The first kappa shape index (κ1) is 29.7. The van der Waals surface area contributed by atoms with Crippen LogP contribution in [0.25, 0.3) is 0 Å². The van der Waals surface area contributed by atoms with Gasteiger partial charge in [0.2, 0.25) is 11.8 Å². The molecule has 1 aromatic rings. The van der Waals surface area contributed by atoms with Crippen molar-refractivity contribution in [3.63, 3.8) is 0 Å². The maximum Gasteiger partial charge on any atom is 0.316 e. The second-order valence-corrected chi connectivity index (χ2v) is 11.6. The SMILES string of the molecule is CC(C)(F)C[C@@H](NC(=O)c1ccccc1O[C@H](F)C(=O)NC1(C)CC1)C(=O)N1CCC[C@@H]1C(=O)N1CCOCC1. The number of carbonyl (C=O) groups excluding carboxylic acids is 4. The zero-order chi connectivity index (χ0) is 29.1. The van der Waals surface area contributed by atoms with Crippen LogP contribution in [0.3, 0.4) is 0 Å². The van der Waals surface area contributed by atoms with Crippen LogP contribution >= 0.6 is 0 Å². The van der Waals surface area contributed by atoms with Gasteiger partial charge in [0.05, 0.1) is 18.8 Å².